The molecule has 1 saturated heterocycles. The van der Waals surface area contributed by atoms with Crippen molar-refractivity contribution in [3.8, 4) is 6.01 Å². The Labute approximate surface area is 120 Å². The molecule has 7 heteroatoms. The SMILES string of the molecule is CCNc1nc(OCCN2CCCC2)nc(N(C)C)n1. The zero-order chi connectivity index (χ0) is 14.4. The van der Waals surface area contributed by atoms with Gasteiger partial charge in [0.05, 0.1) is 0 Å². The molecule has 2 rings (SSSR count). The van der Waals surface area contributed by atoms with Crippen LogP contribution >= 0.6 is 0 Å². The van der Waals surface area contributed by atoms with Gasteiger partial charge in [-0.25, -0.2) is 0 Å². The van der Waals surface area contributed by atoms with Crippen LogP contribution in [0.25, 0.3) is 0 Å². The van der Waals surface area contributed by atoms with Crippen LogP contribution in [0.3, 0.4) is 0 Å². The smallest absolute Gasteiger partial charge is 0.323 e. The molecule has 0 aromatic carbocycles. The highest BCUT2D eigenvalue weighted by molar-refractivity contribution is 5.36. The lowest BCUT2D eigenvalue weighted by molar-refractivity contribution is 0.225. The molecule has 0 bridgehead atoms. The largest absolute Gasteiger partial charge is 0.462 e. The van der Waals surface area contributed by atoms with Crippen LogP contribution in [0.4, 0.5) is 11.9 Å². The van der Waals surface area contributed by atoms with E-state index in [1.165, 1.54) is 25.9 Å². The molecule has 1 aliphatic heterocycles. The first-order chi connectivity index (χ1) is 9.69. The molecule has 1 aromatic rings. The number of anilines is 2. The van der Waals surface area contributed by atoms with Crippen molar-refractivity contribution in [2.45, 2.75) is 19.8 Å². The Kier molecular flexibility index (Phi) is 5.34. The molecule has 1 aliphatic rings. The molecule has 1 fully saturated rings. The molecule has 0 atom stereocenters. The second-order valence-corrected chi connectivity index (χ2v) is 5.06. The van der Waals surface area contributed by atoms with E-state index < -0.39 is 0 Å². The summed E-state index contributed by atoms with van der Waals surface area (Å²) < 4.78 is 5.68. The monoisotopic (exact) mass is 280 g/mol. The maximum absolute atomic E-state index is 5.68. The van der Waals surface area contributed by atoms with Crippen LogP contribution in [0.15, 0.2) is 0 Å². The Morgan fingerprint density at radius 2 is 1.95 bits per heavy atom. The van der Waals surface area contributed by atoms with Crippen LogP contribution < -0.4 is 15.0 Å². The topological polar surface area (TPSA) is 66.4 Å². The molecule has 112 valence electrons. The van der Waals surface area contributed by atoms with Crippen molar-refractivity contribution < 1.29 is 4.74 Å². The van der Waals surface area contributed by atoms with E-state index in [-0.39, 0.29) is 0 Å². The van der Waals surface area contributed by atoms with Crippen molar-refractivity contribution in [3.05, 3.63) is 0 Å². The molecule has 1 aromatic heterocycles. The summed E-state index contributed by atoms with van der Waals surface area (Å²) in [6, 6.07) is 0.388. The molecule has 0 saturated carbocycles. The van der Waals surface area contributed by atoms with Gasteiger partial charge in [0, 0.05) is 27.2 Å². The second kappa shape index (κ2) is 7.23. The number of likely N-dealkylation sites (tertiary alicyclic amines) is 1. The lowest BCUT2D eigenvalue weighted by Gasteiger charge is -2.16. The predicted octanol–water partition coefficient (Wildman–Crippen LogP) is 0.844. The van der Waals surface area contributed by atoms with E-state index in [1.807, 2.05) is 25.9 Å². The zero-order valence-corrected chi connectivity index (χ0v) is 12.6. The molecule has 7 nitrogen and oxygen atoms in total. The first-order valence-electron chi connectivity index (χ1n) is 7.21. The van der Waals surface area contributed by atoms with Crippen LogP contribution in [-0.2, 0) is 0 Å². The van der Waals surface area contributed by atoms with Crippen LogP contribution in [0, 0.1) is 0 Å². The third-order valence-corrected chi connectivity index (χ3v) is 3.18. The Morgan fingerprint density at radius 1 is 1.20 bits per heavy atom. The van der Waals surface area contributed by atoms with Gasteiger partial charge in [-0.05, 0) is 32.9 Å². The molecule has 0 radical (unpaired) electrons. The zero-order valence-electron chi connectivity index (χ0n) is 12.6. The van der Waals surface area contributed by atoms with Crippen LogP contribution in [0.1, 0.15) is 19.8 Å². The van der Waals surface area contributed by atoms with E-state index >= 15 is 0 Å². The minimum Gasteiger partial charge on any atom is -0.462 e. The van der Waals surface area contributed by atoms with Gasteiger partial charge in [-0.3, -0.25) is 4.90 Å². The Hall–Kier alpha value is -1.63. The molecule has 20 heavy (non-hydrogen) atoms. The minimum atomic E-state index is 0.388. The number of hydrogen-bond acceptors (Lipinski definition) is 7. The van der Waals surface area contributed by atoms with Gasteiger partial charge in [-0.15, -0.1) is 0 Å². The fourth-order valence-electron chi connectivity index (χ4n) is 2.12. The number of ether oxygens (including phenoxy) is 1. The lowest BCUT2D eigenvalue weighted by atomic mass is 10.4. The van der Waals surface area contributed by atoms with E-state index in [1.54, 1.807) is 0 Å². The standard InChI is InChI=1S/C13H24N6O/c1-4-14-11-15-12(18(2)3)17-13(16-11)20-10-9-19-7-5-6-8-19/h4-10H2,1-3H3,(H,14,15,16,17). The summed E-state index contributed by atoms with van der Waals surface area (Å²) in [5.74, 6) is 1.16. The fraction of sp³-hybridized carbons (Fsp3) is 0.769. The van der Waals surface area contributed by atoms with Gasteiger partial charge in [0.25, 0.3) is 0 Å². The molecule has 2 heterocycles. The van der Waals surface area contributed by atoms with Crippen molar-refractivity contribution in [1.82, 2.24) is 19.9 Å². The number of aromatic nitrogens is 3. The molecule has 0 spiro atoms. The van der Waals surface area contributed by atoms with Crippen molar-refractivity contribution in [2.75, 3.05) is 57.1 Å². The normalized spacial score (nSPS) is 15.3. The number of nitrogens with one attached hydrogen (secondary N) is 1. The van der Waals surface area contributed by atoms with Crippen LogP contribution in [-0.4, -0.2) is 66.7 Å². The third kappa shape index (κ3) is 4.19. The summed E-state index contributed by atoms with van der Waals surface area (Å²) in [6.45, 7) is 6.66. The van der Waals surface area contributed by atoms with E-state index in [4.69, 9.17) is 4.74 Å². The van der Waals surface area contributed by atoms with Crippen LogP contribution in [0.2, 0.25) is 0 Å². The number of nitrogens with zero attached hydrogens (tertiary/aromatic N) is 5. The van der Waals surface area contributed by atoms with Gasteiger partial charge in [0.1, 0.15) is 6.61 Å². The average molecular weight is 280 g/mol. The van der Waals surface area contributed by atoms with Crippen molar-refractivity contribution in [3.63, 3.8) is 0 Å². The summed E-state index contributed by atoms with van der Waals surface area (Å²) in [7, 11) is 3.80. The van der Waals surface area contributed by atoms with Crippen LogP contribution in [0.5, 0.6) is 6.01 Å². The summed E-state index contributed by atoms with van der Waals surface area (Å²) in [6.07, 6.45) is 2.59. The summed E-state index contributed by atoms with van der Waals surface area (Å²) in [5.41, 5.74) is 0. The lowest BCUT2D eigenvalue weighted by Crippen LogP contribution is -2.25. The van der Waals surface area contributed by atoms with Gasteiger partial charge in [-0.1, -0.05) is 0 Å². The first kappa shape index (κ1) is 14.8. The fourth-order valence-corrected chi connectivity index (χ4v) is 2.12. The summed E-state index contributed by atoms with van der Waals surface area (Å²) >= 11 is 0. The molecule has 0 aliphatic carbocycles. The molecule has 0 unspecified atom stereocenters. The molecule has 0 amide bonds. The van der Waals surface area contributed by atoms with Gasteiger partial charge < -0.3 is 15.0 Å². The van der Waals surface area contributed by atoms with E-state index in [9.17, 15) is 0 Å². The van der Waals surface area contributed by atoms with E-state index in [0.717, 1.165) is 13.1 Å². The van der Waals surface area contributed by atoms with Crippen molar-refractivity contribution >= 4 is 11.9 Å². The Morgan fingerprint density at radius 3 is 2.60 bits per heavy atom. The Bertz CT molecular complexity index is 419. The van der Waals surface area contributed by atoms with Crippen molar-refractivity contribution in [2.24, 2.45) is 0 Å². The average Bonchev–Trinajstić information content (AvgIpc) is 2.92. The number of rotatable bonds is 7. The van der Waals surface area contributed by atoms with E-state index in [0.29, 0.717) is 24.5 Å². The van der Waals surface area contributed by atoms with Gasteiger partial charge >= 0.3 is 6.01 Å². The van der Waals surface area contributed by atoms with Gasteiger partial charge in [0.2, 0.25) is 11.9 Å². The molecule has 1 N–H and O–H groups in total. The number of hydrogen-bond donors (Lipinski definition) is 1. The van der Waals surface area contributed by atoms with Gasteiger partial charge in [-0.2, -0.15) is 15.0 Å². The maximum Gasteiger partial charge on any atom is 0.323 e. The summed E-state index contributed by atoms with van der Waals surface area (Å²) in [5, 5.41) is 3.10. The highest BCUT2D eigenvalue weighted by Crippen LogP contribution is 2.13. The third-order valence-electron chi connectivity index (χ3n) is 3.18. The van der Waals surface area contributed by atoms with Crippen molar-refractivity contribution in [1.29, 1.82) is 0 Å². The summed E-state index contributed by atoms with van der Waals surface area (Å²) in [4.78, 5) is 17.1. The minimum absolute atomic E-state index is 0.388. The highest BCUT2D eigenvalue weighted by atomic mass is 16.5. The van der Waals surface area contributed by atoms with Gasteiger partial charge in [0.15, 0.2) is 0 Å². The van der Waals surface area contributed by atoms with E-state index in [2.05, 4.69) is 25.2 Å². The molecular formula is C13H24N6O. The highest BCUT2D eigenvalue weighted by Gasteiger charge is 2.12. The maximum atomic E-state index is 5.68. The predicted molar refractivity (Wildman–Crippen MR) is 79.5 cm³/mol. The Balaban J connectivity index is 1.94. The molecular weight excluding hydrogens is 256 g/mol. The first-order valence-corrected chi connectivity index (χ1v) is 7.21. The second-order valence-electron chi connectivity index (χ2n) is 5.06. The quantitative estimate of drug-likeness (QED) is 0.794.